The third kappa shape index (κ3) is 2.35. The third-order valence-corrected chi connectivity index (χ3v) is 3.73. The predicted octanol–water partition coefficient (Wildman–Crippen LogP) is 4.41. The first kappa shape index (κ1) is 13.6. The molecule has 0 aliphatic rings. The van der Waals surface area contributed by atoms with E-state index in [4.69, 9.17) is 0 Å². The molecule has 0 saturated carbocycles. The minimum Gasteiger partial charge on any atom is -0.360 e. The fourth-order valence-electron chi connectivity index (χ4n) is 2.72. The number of para-hydroxylation sites is 1. The molecule has 0 radical (unpaired) electrons. The minimum atomic E-state index is -0.382. The summed E-state index contributed by atoms with van der Waals surface area (Å²) >= 11 is 0. The lowest BCUT2D eigenvalue weighted by Crippen LogP contribution is -2.01. The van der Waals surface area contributed by atoms with Crippen molar-refractivity contribution in [2.45, 2.75) is 20.3 Å². The average molecular weight is 281 g/mol. The molecule has 0 fully saturated rings. The summed E-state index contributed by atoms with van der Waals surface area (Å²) in [7, 11) is 0. The van der Waals surface area contributed by atoms with E-state index < -0.39 is 0 Å². The number of hydrogen-bond acceptors (Lipinski definition) is 1. The highest BCUT2D eigenvalue weighted by molar-refractivity contribution is 6.16. The van der Waals surface area contributed by atoms with E-state index in [1.807, 2.05) is 18.2 Å². The second-order valence-corrected chi connectivity index (χ2v) is 5.24. The number of aromatic nitrogens is 1. The maximum absolute atomic E-state index is 13.5. The number of nitrogens with one attached hydrogen (secondary N) is 1. The molecule has 3 heteroatoms. The van der Waals surface area contributed by atoms with E-state index in [9.17, 15) is 9.18 Å². The van der Waals surface area contributed by atoms with Gasteiger partial charge < -0.3 is 4.98 Å². The van der Waals surface area contributed by atoms with Crippen LogP contribution in [-0.2, 0) is 6.42 Å². The van der Waals surface area contributed by atoms with Crippen LogP contribution in [0.3, 0.4) is 0 Å². The number of H-pyrrole nitrogens is 1. The van der Waals surface area contributed by atoms with E-state index in [2.05, 4.69) is 11.9 Å². The Labute approximate surface area is 122 Å². The zero-order valence-electron chi connectivity index (χ0n) is 12.0. The zero-order valence-corrected chi connectivity index (χ0v) is 12.0. The van der Waals surface area contributed by atoms with Gasteiger partial charge in [0.2, 0.25) is 0 Å². The van der Waals surface area contributed by atoms with Gasteiger partial charge in [0, 0.05) is 28.2 Å². The molecule has 3 rings (SSSR count). The molecule has 0 atom stereocenters. The molecule has 1 aromatic heterocycles. The Morgan fingerprint density at radius 1 is 1.24 bits per heavy atom. The van der Waals surface area contributed by atoms with E-state index >= 15 is 0 Å². The summed E-state index contributed by atoms with van der Waals surface area (Å²) < 4.78 is 13.5. The molecule has 0 saturated heterocycles. The quantitative estimate of drug-likeness (QED) is 0.709. The lowest BCUT2D eigenvalue weighted by molar-refractivity contribution is 0.104. The summed E-state index contributed by atoms with van der Waals surface area (Å²) in [4.78, 5) is 15.8. The van der Waals surface area contributed by atoms with Gasteiger partial charge in [-0.1, -0.05) is 25.1 Å². The maximum Gasteiger partial charge on any atom is 0.195 e. The number of carbonyl (C=O) groups excluding carboxylic acids is 1. The standard InChI is InChI=1S/C18H16FNO/c1-3-12-5-4-6-15-16(10-20-17(12)15)18(21)13-7-11(2)8-14(19)9-13/h4-10,20H,3H2,1-2H3. The van der Waals surface area contributed by atoms with Gasteiger partial charge in [0.05, 0.1) is 0 Å². The number of aromatic amines is 1. The summed E-state index contributed by atoms with van der Waals surface area (Å²) in [6, 6.07) is 10.3. The summed E-state index contributed by atoms with van der Waals surface area (Å²) in [5.41, 5.74) is 3.87. The van der Waals surface area contributed by atoms with Gasteiger partial charge in [-0.25, -0.2) is 4.39 Å². The SMILES string of the molecule is CCc1cccc2c(C(=O)c3cc(C)cc(F)c3)c[nH]c12. The zero-order chi connectivity index (χ0) is 15.0. The van der Waals surface area contributed by atoms with Crippen LogP contribution in [0, 0.1) is 12.7 Å². The molecular weight excluding hydrogens is 265 g/mol. The van der Waals surface area contributed by atoms with Crippen molar-refractivity contribution in [2.24, 2.45) is 0 Å². The van der Waals surface area contributed by atoms with Gasteiger partial charge in [0.1, 0.15) is 5.82 Å². The molecule has 0 amide bonds. The Kier molecular flexibility index (Phi) is 3.34. The largest absolute Gasteiger partial charge is 0.360 e. The van der Waals surface area contributed by atoms with Crippen LogP contribution in [0.2, 0.25) is 0 Å². The number of carbonyl (C=O) groups is 1. The third-order valence-electron chi connectivity index (χ3n) is 3.73. The number of halogens is 1. The smallest absolute Gasteiger partial charge is 0.195 e. The van der Waals surface area contributed by atoms with E-state index in [0.717, 1.165) is 22.9 Å². The molecule has 2 nitrogen and oxygen atoms in total. The molecule has 0 unspecified atom stereocenters. The molecule has 1 N–H and O–H groups in total. The topological polar surface area (TPSA) is 32.9 Å². The van der Waals surface area contributed by atoms with E-state index in [-0.39, 0.29) is 11.6 Å². The van der Waals surface area contributed by atoms with Gasteiger partial charge in [-0.15, -0.1) is 0 Å². The highest BCUT2D eigenvalue weighted by atomic mass is 19.1. The van der Waals surface area contributed by atoms with E-state index in [1.54, 1.807) is 19.2 Å². The number of ketones is 1. The summed E-state index contributed by atoms with van der Waals surface area (Å²) in [6.45, 7) is 3.86. The predicted molar refractivity (Wildman–Crippen MR) is 82.2 cm³/mol. The van der Waals surface area contributed by atoms with Crippen molar-refractivity contribution in [2.75, 3.05) is 0 Å². The van der Waals surface area contributed by atoms with Crippen LogP contribution in [0.1, 0.15) is 34.0 Å². The van der Waals surface area contributed by atoms with Crippen molar-refractivity contribution in [1.82, 2.24) is 4.98 Å². The van der Waals surface area contributed by atoms with Crippen molar-refractivity contribution in [3.8, 4) is 0 Å². The van der Waals surface area contributed by atoms with Crippen molar-refractivity contribution in [3.05, 3.63) is 70.7 Å². The Hall–Kier alpha value is -2.42. The minimum absolute atomic E-state index is 0.155. The lowest BCUT2D eigenvalue weighted by Gasteiger charge is -2.03. The van der Waals surface area contributed by atoms with Crippen LogP contribution in [0.5, 0.6) is 0 Å². The molecule has 0 aliphatic carbocycles. The van der Waals surface area contributed by atoms with Crippen molar-refractivity contribution < 1.29 is 9.18 Å². The Morgan fingerprint density at radius 2 is 2.05 bits per heavy atom. The number of fused-ring (bicyclic) bond motifs is 1. The van der Waals surface area contributed by atoms with E-state index in [0.29, 0.717) is 11.1 Å². The van der Waals surface area contributed by atoms with E-state index in [1.165, 1.54) is 17.7 Å². The van der Waals surface area contributed by atoms with Crippen LogP contribution < -0.4 is 0 Å². The molecule has 106 valence electrons. The van der Waals surface area contributed by atoms with Crippen molar-refractivity contribution >= 4 is 16.7 Å². The van der Waals surface area contributed by atoms with Gasteiger partial charge in [-0.05, 0) is 42.7 Å². The first-order chi connectivity index (χ1) is 10.1. The maximum atomic E-state index is 13.5. The Morgan fingerprint density at radius 3 is 2.76 bits per heavy atom. The van der Waals surface area contributed by atoms with Crippen LogP contribution >= 0.6 is 0 Å². The van der Waals surface area contributed by atoms with Crippen LogP contribution in [0.15, 0.2) is 42.6 Å². The fourth-order valence-corrected chi connectivity index (χ4v) is 2.72. The average Bonchev–Trinajstić information content (AvgIpc) is 2.89. The number of hydrogen-bond donors (Lipinski definition) is 1. The summed E-state index contributed by atoms with van der Waals surface area (Å²) in [5, 5.41) is 0.890. The van der Waals surface area contributed by atoms with Gasteiger partial charge >= 0.3 is 0 Å². The van der Waals surface area contributed by atoms with Crippen molar-refractivity contribution in [3.63, 3.8) is 0 Å². The molecule has 0 bridgehead atoms. The van der Waals surface area contributed by atoms with Gasteiger partial charge in [-0.3, -0.25) is 4.79 Å². The van der Waals surface area contributed by atoms with Gasteiger partial charge in [0.15, 0.2) is 5.78 Å². The van der Waals surface area contributed by atoms with Crippen LogP contribution in [0.25, 0.3) is 10.9 Å². The lowest BCUT2D eigenvalue weighted by atomic mass is 9.99. The van der Waals surface area contributed by atoms with Crippen molar-refractivity contribution in [1.29, 1.82) is 0 Å². The van der Waals surface area contributed by atoms with Gasteiger partial charge in [0.25, 0.3) is 0 Å². The molecule has 0 spiro atoms. The monoisotopic (exact) mass is 281 g/mol. The fraction of sp³-hybridized carbons (Fsp3) is 0.167. The first-order valence-electron chi connectivity index (χ1n) is 7.01. The Bertz CT molecular complexity index is 812. The number of aryl methyl sites for hydroxylation is 2. The first-order valence-corrected chi connectivity index (χ1v) is 7.01. The van der Waals surface area contributed by atoms with Crippen LogP contribution in [0.4, 0.5) is 4.39 Å². The molecular formula is C18H16FNO. The second-order valence-electron chi connectivity index (χ2n) is 5.24. The Balaban J connectivity index is 2.14. The summed E-state index contributed by atoms with van der Waals surface area (Å²) in [5.74, 6) is -0.537. The number of rotatable bonds is 3. The highest BCUT2D eigenvalue weighted by Crippen LogP contribution is 2.25. The van der Waals surface area contributed by atoms with Crippen LogP contribution in [-0.4, -0.2) is 10.8 Å². The van der Waals surface area contributed by atoms with Gasteiger partial charge in [-0.2, -0.15) is 0 Å². The highest BCUT2D eigenvalue weighted by Gasteiger charge is 2.16. The number of benzene rings is 2. The second kappa shape index (κ2) is 5.17. The molecule has 0 aliphatic heterocycles. The molecule has 21 heavy (non-hydrogen) atoms. The normalized spacial score (nSPS) is 11.0. The molecule has 1 heterocycles. The summed E-state index contributed by atoms with van der Waals surface area (Å²) in [6.07, 6.45) is 2.61. The molecule has 3 aromatic rings. The molecule has 2 aromatic carbocycles.